The summed E-state index contributed by atoms with van der Waals surface area (Å²) in [6.07, 6.45) is 0.855. The van der Waals surface area contributed by atoms with E-state index in [-0.39, 0.29) is 17.5 Å². The number of H-pyrrole nitrogens is 1. The lowest BCUT2D eigenvalue weighted by atomic mass is 9.99. The van der Waals surface area contributed by atoms with Gasteiger partial charge < -0.3 is 9.72 Å². The van der Waals surface area contributed by atoms with Crippen LogP contribution in [0.2, 0.25) is 0 Å². The second-order valence-electron chi connectivity index (χ2n) is 9.81. The van der Waals surface area contributed by atoms with Crippen LogP contribution in [0.4, 0.5) is 0 Å². The highest BCUT2D eigenvalue weighted by atomic mass is 16.5. The first-order chi connectivity index (χ1) is 17.4. The minimum absolute atomic E-state index is 0.0568. The van der Waals surface area contributed by atoms with Gasteiger partial charge in [-0.25, -0.2) is 4.68 Å². The van der Waals surface area contributed by atoms with Gasteiger partial charge in [-0.05, 0) is 65.4 Å². The molecule has 2 heterocycles. The van der Waals surface area contributed by atoms with E-state index in [0.29, 0.717) is 19.7 Å². The van der Waals surface area contributed by atoms with Crippen molar-refractivity contribution in [2.24, 2.45) is 5.92 Å². The zero-order valence-corrected chi connectivity index (χ0v) is 21.9. The Bertz CT molecular complexity index is 1350. The maximum absolute atomic E-state index is 13.2. The van der Waals surface area contributed by atoms with Gasteiger partial charge in [-0.1, -0.05) is 50.2 Å². The van der Waals surface area contributed by atoms with Crippen molar-refractivity contribution in [2.75, 3.05) is 20.3 Å². The third kappa shape index (κ3) is 5.88. The highest BCUT2D eigenvalue weighted by molar-refractivity contribution is 5.83. The number of aromatic amines is 1. The van der Waals surface area contributed by atoms with E-state index in [4.69, 9.17) is 4.74 Å². The van der Waals surface area contributed by atoms with Crippen LogP contribution in [-0.4, -0.2) is 50.4 Å². The van der Waals surface area contributed by atoms with Gasteiger partial charge in [0.2, 0.25) is 0 Å². The number of ether oxygens (including phenoxy) is 1. The van der Waals surface area contributed by atoms with Gasteiger partial charge in [0.05, 0.1) is 19.2 Å². The first-order valence-corrected chi connectivity index (χ1v) is 12.5. The standard InChI is InChI=1S/C28H36N6O2/c1-19(2)26(27-30-31-32-34(27)13-14-36-5)33(12-11-22-9-7-6-8-10-22)18-23-17-24-21(4)15-20(3)16-25(24)29-28(23)35/h6-10,15-17,19,26H,11-14,18H2,1-5H3,(H,29,35)/t26-/m0/s1. The van der Waals surface area contributed by atoms with E-state index in [2.05, 4.69) is 76.5 Å². The first kappa shape index (κ1) is 25.7. The molecule has 190 valence electrons. The fourth-order valence-corrected chi connectivity index (χ4v) is 4.93. The number of nitrogens with one attached hydrogen (secondary N) is 1. The molecule has 2 aromatic carbocycles. The summed E-state index contributed by atoms with van der Waals surface area (Å²) >= 11 is 0. The summed E-state index contributed by atoms with van der Waals surface area (Å²) in [6, 6.07) is 16.6. The monoisotopic (exact) mass is 488 g/mol. The third-order valence-electron chi connectivity index (χ3n) is 6.65. The Hall–Kier alpha value is -3.36. The number of hydrogen-bond donors (Lipinski definition) is 1. The summed E-state index contributed by atoms with van der Waals surface area (Å²) in [5.74, 6) is 1.01. The van der Waals surface area contributed by atoms with Crippen molar-refractivity contribution in [3.05, 3.63) is 87.0 Å². The lowest BCUT2D eigenvalue weighted by Gasteiger charge is -2.33. The Balaban J connectivity index is 1.73. The molecule has 0 spiro atoms. The lowest BCUT2D eigenvalue weighted by molar-refractivity contribution is 0.130. The van der Waals surface area contributed by atoms with Gasteiger partial charge in [-0.3, -0.25) is 9.69 Å². The molecule has 0 bridgehead atoms. The largest absolute Gasteiger partial charge is 0.383 e. The molecule has 0 unspecified atom stereocenters. The summed E-state index contributed by atoms with van der Waals surface area (Å²) in [5.41, 5.74) is 5.10. The molecule has 4 aromatic rings. The number of nitrogens with zero attached hydrogens (tertiary/aromatic N) is 5. The van der Waals surface area contributed by atoms with E-state index in [1.165, 1.54) is 5.56 Å². The topological polar surface area (TPSA) is 88.9 Å². The molecule has 0 saturated carbocycles. The average molecular weight is 489 g/mol. The predicted octanol–water partition coefficient (Wildman–Crippen LogP) is 4.22. The quantitative estimate of drug-likeness (QED) is 0.340. The molecule has 1 N–H and O–H groups in total. The van der Waals surface area contributed by atoms with Crippen molar-refractivity contribution >= 4 is 10.9 Å². The maximum Gasteiger partial charge on any atom is 0.252 e. The number of rotatable bonds is 11. The van der Waals surface area contributed by atoms with E-state index < -0.39 is 0 Å². The van der Waals surface area contributed by atoms with Crippen molar-refractivity contribution in [1.82, 2.24) is 30.1 Å². The zero-order valence-electron chi connectivity index (χ0n) is 21.9. The average Bonchev–Trinajstić information content (AvgIpc) is 3.30. The molecule has 1 atom stereocenters. The molecule has 0 fully saturated rings. The Kier molecular flexibility index (Phi) is 8.28. The zero-order chi connectivity index (χ0) is 25.7. The Morgan fingerprint density at radius 3 is 2.61 bits per heavy atom. The highest BCUT2D eigenvalue weighted by Gasteiger charge is 2.29. The SMILES string of the molecule is COCCn1nnnc1[C@H](C(C)C)N(CCc1ccccc1)Cc1cc2c(C)cc(C)cc2[nH]c1=O. The highest BCUT2D eigenvalue weighted by Crippen LogP contribution is 2.29. The minimum atomic E-state index is -0.0743. The van der Waals surface area contributed by atoms with Crippen molar-refractivity contribution in [3.63, 3.8) is 0 Å². The molecule has 8 nitrogen and oxygen atoms in total. The molecule has 8 heteroatoms. The van der Waals surface area contributed by atoms with Crippen LogP contribution in [0.3, 0.4) is 0 Å². The molecule has 4 rings (SSSR count). The van der Waals surface area contributed by atoms with Crippen molar-refractivity contribution in [1.29, 1.82) is 0 Å². The van der Waals surface area contributed by atoms with Gasteiger partial charge in [-0.2, -0.15) is 0 Å². The smallest absolute Gasteiger partial charge is 0.252 e. The van der Waals surface area contributed by atoms with Gasteiger partial charge >= 0.3 is 0 Å². The van der Waals surface area contributed by atoms with E-state index in [9.17, 15) is 4.79 Å². The van der Waals surface area contributed by atoms with Crippen molar-refractivity contribution in [2.45, 2.75) is 53.2 Å². The number of aromatic nitrogens is 5. The van der Waals surface area contributed by atoms with Crippen LogP contribution >= 0.6 is 0 Å². The molecule has 0 radical (unpaired) electrons. The van der Waals surface area contributed by atoms with Gasteiger partial charge in [0.15, 0.2) is 5.82 Å². The molecule has 0 aliphatic heterocycles. The van der Waals surface area contributed by atoms with Crippen LogP contribution in [0.25, 0.3) is 10.9 Å². The van der Waals surface area contributed by atoms with Crippen LogP contribution in [0.15, 0.2) is 53.3 Å². The van der Waals surface area contributed by atoms with Gasteiger partial charge in [0, 0.05) is 36.7 Å². The van der Waals surface area contributed by atoms with E-state index in [1.54, 1.807) is 7.11 Å². The van der Waals surface area contributed by atoms with Crippen LogP contribution < -0.4 is 5.56 Å². The summed E-state index contributed by atoms with van der Waals surface area (Å²) in [4.78, 5) is 18.7. The Labute approximate surface area is 212 Å². The molecular weight excluding hydrogens is 452 g/mol. The molecule has 2 aromatic heterocycles. The number of methoxy groups -OCH3 is 1. The van der Waals surface area contributed by atoms with Crippen LogP contribution in [0.5, 0.6) is 0 Å². The number of tetrazole rings is 1. The Morgan fingerprint density at radius 2 is 1.89 bits per heavy atom. The van der Waals surface area contributed by atoms with Crippen LogP contribution in [0, 0.1) is 19.8 Å². The minimum Gasteiger partial charge on any atom is -0.383 e. The summed E-state index contributed by atoms with van der Waals surface area (Å²) in [6.45, 7) is 10.8. The molecule has 0 aliphatic rings. The number of pyridine rings is 1. The molecule has 36 heavy (non-hydrogen) atoms. The summed E-state index contributed by atoms with van der Waals surface area (Å²) in [7, 11) is 1.67. The third-order valence-corrected chi connectivity index (χ3v) is 6.65. The number of aryl methyl sites for hydroxylation is 2. The first-order valence-electron chi connectivity index (χ1n) is 12.5. The number of fused-ring (bicyclic) bond motifs is 1. The number of benzene rings is 2. The lowest BCUT2D eigenvalue weighted by Crippen LogP contribution is -2.37. The fraction of sp³-hybridized carbons (Fsp3) is 0.429. The molecule has 0 amide bonds. The van der Waals surface area contributed by atoms with E-state index in [0.717, 1.165) is 46.4 Å². The van der Waals surface area contributed by atoms with E-state index in [1.807, 2.05) is 29.8 Å². The Morgan fingerprint density at radius 1 is 1.11 bits per heavy atom. The maximum atomic E-state index is 13.2. The molecule has 0 aliphatic carbocycles. The fourth-order valence-electron chi connectivity index (χ4n) is 4.93. The van der Waals surface area contributed by atoms with Gasteiger partial charge in [0.1, 0.15) is 0 Å². The summed E-state index contributed by atoms with van der Waals surface area (Å²) in [5, 5.41) is 13.7. The van der Waals surface area contributed by atoms with Gasteiger partial charge in [0.25, 0.3) is 5.56 Å². The van der Waals surface area contributed by atoms with E-state index >= 15 is 0 Å². The second kappa shape index (κ2) is 11.6. The second-order valence-corrected chi connectivity index (χ2v) is 9.81. The predicted molar refractivity (Wildman–Crippen MR) is 142 cm³/mol. The summed E-state index contributed by atoms with van der Waals surface area (Å²) < 4.78 is 7.09. The van der Waals surface area contributed by atoms with Crippen LogP contribution in [-0.2, 0) is 24.2 Å². The normalized spacial score (nSPS) is 12.6. The van der Waals surface area contributed by atoms with Crippen LogP contribution in [0.1, 0.15) is 48.0 Å². The molecule has 0 saturated heterocycles. The van der Waals surface area contributed by atoms with Gasteiger partial charge in [-0.15, -0.1) is 5.10 Å². The van der Waals surface area contributed by atoms with Crippen molar-refractivity contribution < 1.29 is 4.74 Å². The van der Waals surface area contributed by atoms with Crippen molar-refractivity contribution in [3.8, 4) is 0 Å². The molecular formula is C28H36N6O2. The number of hydrogen-bond acceptors (Lipinski definition) is 6.